The van der Waals surface area contributed by atoms with Gasteiger partial charge in [-0.25, -0.2) is 4.79 Å². The quantitative estimate of drug-likeness (QED) is 0.0284. The molecular formula is C51H86NO7+. The van der Waals surface area contributed by atoms with E-state index < -0.39 is 18.1 Å². The monoisotopic (exact) mass is 825 g/mol. The second-order valence-corrected chi connectivity index (χ2v) is 16.3. The highest BCUT2D eigenvalue weighted by molar-refractivity contribution is 5.72. The highest BCUT2D eigenvalue weighted by Gasteiger charge is 2.31. The van der Waals surface area contributed by atoms with Crippen molar-refractivity contribution in [2.24, 2.45) is 0 Å². The van der Waals surface area contributed by atoms with E-state index in [1.807, 2.05) is 21.1 Å². The summed E-state index contributed by atoms with van der Waals surface area (Å²) >= 11 is 0. The van der Waals surface area contributed by atoms with Gasteiger partial charge in [-0.05, 0) is 89.9 Å². The number of aliphatic carboxylic acids is 1. The predicted octanol–water partition coefficient (Wildman–Crippen LogP) is 12.9. The van der Waals surface area contributed by atoms with Crippen LogP contribution in [-0.2, 0) is 28.6 Å². The zero-order chi connectivity index (χ0) is 43.5. The van der Waals surface area contributed by atoms with Crippen molar-refractivity contribution in [3.8, 4) is 0 Å². The van der Waals surface area contributed by atoms with Crippen molar-refractivity contribution in [1.82, 2.24) is 0 Å². The highest BCUT2D eigenvalue weighted by atomic mass is 16.6. The molecule has 0 aromatic rings. The van der Waals surface area contributed by atoms with Gasteiger partial charge in [0.25, 0.3) is 0 Å². The number of likely N-dealkylation sites (N-methyl/N-ethyl adjacent to an activating group) is 1. The second kappa shape index (κ2) is 41.3. The number of hydrogen-bond donors (Lipinski definition) is 1. The summed E-state index contributed by atoms with van der Waals surface area (Å²) in [6.07, 6.45) is 53.4. The fourth-order valence-corrected chi connectivity index (χ4v) is 6.21. The molecule has 0 spiro atoms. The molecule has 0 aliphatic carbocycles. The number of carbonyl (C=O) groups excluding carboxylic acids is 2. The molecule has 0 saturated heterocycles. The molecule has 0 aromatic heterocycles. The zero-order valence-corrected chi connectivity index (χ0v) is 38.2. The lowest BCUT2D eigenvalue weighted by Crippen LogP contribution is -2.50. The van der Waals surface area contributed by atoms with Crippen LogP contribution >= 0.6 is 0 Å². The van der Waals surface area contributed by atoms with Gasteiger partial charge in [0.1, 0.15) is 6.61 Å². The summed E-state index contributed by atoms with van der Waals surface area (Å²) in [4.78, 5) is 37.0. The third-order valence-electron chi connectivity index (χ3n) is 9.78. The van der Waals surface area contributed by atoms with Crippen molar-refractivity contribution in [2.75, 3.05) is 41.0 Å². The van der Waals surface area contributed by atoms with Crippen LogP contribution in [-0.4, -0.2) is 80.6 Å². The van der Waals surface area contributed by atoms with Crippen LogP contribution in [0.5, 0.6) is 0 Å². The molecule has 0 rings (SSSR count). The van der Waals surface area contributed by atoms with Gasteiger partial charge in [0.15, 0.2) is 12.1 Å². The number of allylic oxidation sites excluding steroid dienone is 14. The zero-order valence-electron chi connectivity index (χ0n) is 38.2. The van der Waals surface area contributed by atoms with Gasteiger partial charge in [0, 0.05) is 19.3 Å². The van der Waals surface area contributed by atoms with Gasteiger partial charge in [-0.15, -0.1) is 0 Å². The minimum Gasteiger partial charge on any atom is -0.477 e. The van der Waals surface area contributed by atoms with Crippen molar-refractivity contribution >= 4 is 17.9 Å². The van der Waals surface area contributed by atoms with Gasteiger partial charge in [-0.2, -0.15) is 0 Å². The minimum atomic E-state index is -0.884. The van der Waals surface area contributed by atoms with E-state index in [1.165, 1.54) is 32.1 Å². The lowest BCUT2D eigenvalue weighted by Gasteiger charge is -2.31. The molecule has 8 nitrogen and oxygen atoms in total. The summed E-state index contributed by atoms with van der Waals surface area (Å²) in [5, 5.41) is 9.62. The van der Waals surface area contributed by atoms with E-state index in [-0.39, 0.29) is 36.2 Å². The molecule has 0 aliphatic heterocycles. The summed E-state index contributed by atoms with van der Waals surface area (Å²) in [5.41, 5.74) is 0. The molecule has 0 aliphatic rings. The summed E-state index contributed by atoms with van der Waals surface area (Å²) in [6.45, 7) is 4.54. The summed E-state index contributed by atoms with van der Waals surface area (Å²) in [6, 6.07) is -0.624. The van der Waals surface area contributed by atoms with Crippen LogP contribution in [0.4, 0.5) is 0 Å². The van der Waals surface area contributed by atoms with E-state index in [0.717, 1.165) is 103 Å². The Kier molecular flexibility index (Phi) is 38.8. The van der Waals surface area contributed by atoms with Gasteiger partial charge in [-0.1, -0.05) is 144 Å². The molecule has 0 bridgehead atoms. The van der Waals surface area contributed by atoms with Crippen LogP contribution in [0.2, 0.25) is 0 Å². The first kappa shape index (κ1) is 55.5. The third-order valence-corrected chi connectivity index (χ3v) is 9.78. The van der Waals surface area contributed by atoms with E-state index in [4.69, 9.17) is 14.2 Å². The number of carboxylic acid groups (broad SMARTS) is 1. The maximum Gasteiger partial charge on any atom is 0.362 e. The largest absolute Gasteiger partial charge is 0.477 e. The average Bonchev–Trinajstić information content (AvgIpc) is 3.19. The number of quaternary nitrogens is 1. The number of ether oxygens (including phenoxy) is 3. The number of carboxylic acids is 1. The maximum atomic E-state index is 12.7. The van der Waals surface area contributed by atoms with Crippen molar-refractivity contribution in [2.45, 2.75) is 180 Å². The average molecular weight is 825 g/mol. The molecule has 0 amide bonds. The topological polar surface area (TPSA) is 99.1 Å². The van der Waals surface area contributed by atoms with E-state index in [2.05, 4.69) is 98.9 Å². The number of esters is 2. The first-order valence-corrected chi connectivity index (χ1v) is 23.1. The molecule has 0 radical (unpaired) electrons. The van der Waals surface area contributed by atoms with Crippen molar-refractivity contribution in [3.63, 3.8) is 0 Å². The van der Waals surface area contributed by atoms with Gasteiger partial charge in [0.05, 0.1) is 34.4 Å². The number of nitrogens with zero attached hydrogens (tertiary/aromatic N) is 1. The normalized spacial score (nSPS) is 13.7. The Morgan fingerprint density at radius 1 is 0.525 bits per heavy atom. The molecule has 0 saturated carbocycles. The van der Waals surface area contributed by atoms with E-state index in [1.54, 1.807) is 0 Å². The second-order valence-electron chi connectivity index (χ2n) is 16.3. The van der Waals surface area contributed by atoms with Gasteiger partial charge >= 0.3 is 17.9 Å². The van der Waals surface area contributed by atoms with Crippen LogP contribution in [0.1, 0.15) is 168 Å². The maximum absolute atomic E-state index is 12.7. The van der Waals surface area contributed by atoms with E-state index in [9.17, 15) is 19.5 Å². The predicted molar refractivity (Wildman–Crippen MR) is 247 cm³/mol. The van der Waals surface area contributed by atoms with Gasteiger partial charge < -0.3 is 23.8 Å². The van der Waals surface area contributed by atoms with Crippen LogP contribution < -0.4 is 0 Å². The number of hydrogen-bond acceptors (Lipinski definition) is 6. The Hall–Kier alpha value is -3.49. The Morgan fingerprint density at radius 3 is 1.42 bits per heavy atom. The number of unbranched alkanes of at least 4 members (excludes halogenated alkanes) is 12. The molecule has 0 aromatic carbocycles. The first-order valence-electron chi connectivity index (χ1n) is 23.1. The number of rotatable bonds is 40. The fourth-order valence-electron chi connectivity index (χ4n) is 6.21. The lowest BCUT2D eigenvalue weighted by atomic mass is 10.1. The van der Waals surface area contributed by atoms with Crippen LogP contribution in [0.25, 0.3) is 0 Å². The first-order chi connectivity index (χ1) is 28.6. The third kappa shape index (κ3) is 39.7. The lowest BCUT2D eigenvalue weighted by molar-refractivity contribution is -0.887. The Balaban J connectivity index is 4.35. The molecule has 336 valence electrons. The Bertz CT molecular complexity index is 1240. The fraction of sp³-hybridized carbons (Fsp3) is 0.667. The molecule has 8 heteroatoms. The Labute approximate surface area is 361 Å². The number of carbonyl (C=O) groups is 3. The van der Waals surface area contributed by atoms with E-state index >= 15 is 0 Å². The molecule has 2 unspecified atom stereocenters. The summed E-state index contributed by atoms with van der Waals surface area (Å²) in [7, 11) is 5.51. The van der Waals surface area contributed by atoms with Crippen LogP contribution in [0.15, 0.2) is 85.1 Å². The molecule has 0 fully saturated rings. The standard InChI is InChI=1S/C51H85NO7/c1-6-8-10-12-14-16-18-20-21-22-23-24-25-26-27-28-29-30-32-33-35-37-39-41-49(53)58-46-47(45-57-44-43-48(51(55)56)52(3,4)5)59-50(54)42-40-38-36-34-31-19-17-15-13-11-9-7-2/h8,10,14-17,20-21,23-24,26-27,29-30,47-48H,6-7,9,11-13,18-19,22,25,28,31-46H2,1-5H3/p+1/b10-8+,16-14+,17-15+,21-20+,24-23+,27-26+,30-29+. The van der Waals surface area contributed by atoms with Crippen LogP contribution in [0.3, 0.4) is 0 Å². The van der Waals surface area contributed by atoms with Gasteiger partial charge in [0.2, 0.25) is 0 Å². The molecule has 0 heterocycles. The molecule has 2 atom stereocenters. The molecule has 1 N–H and O–H groups in total. The molecule has 59 heavy (non-hydrogen) atoms. The summed E-state index contributed by atoms with van der Waals surface area (Å²) < 4.78 is 17.2. The molecular weight excluding hydrogens is 739 g/mol. The Morgan fingerprint density at radius 2 is 0.949 bits per heavy atom. The van der Waals surface area contributed by atoms with E-state index in [0.29, 0.717) is 19.3 Å². The van der Waals surface area contributed by atoms with Crippen molar-refractivity contribution in [1.29, 1.82) is 0 Å². The van der Waals surface area contributed by atoms with Crippen molar-refractivity contribution < 1.29 is 38.2 Å². The van der Waals surface area contributed by atoms with Gasteiger partial charge in [-0.3, -0.25) is 9.59 Å². The smallest absolute Gasteiger partial charge is 0.362 e. The van der Waals surface area contributed by atoms with Crippen molar-refractivity contribution in [3.05, 3.63) is 85.1 Å². The minimum absolute atomic E-state index is 0.0447. The van der Waals surface area contributed by atoms with Crippen LogP contribution in [0, 0.1) is 0 Å². The SMILES string of the molecule is CC/C=C/C/C=C/C/C=C/C/C=C/C/C=C/C/C=C/CCCCCCC(=O)OCC(COCCC(C(=O)O)[N+](C)(C)C)OC(=O)CCCCCCC/C=C/CCCCC. The summed E-state index contributed by atoms with van der Waals surface area (Å²) in [5.74, 6) is -1.52. The highest BCUT2D eigenvalue weighted by Crippen LogP contribution is 2.13.